The zero-order chi connectivity index (χ0) is 11.6. The minimum Gasteiger partial charge on any atom is -0.356 e. The van der Waals surface area contributed by atoms with Crippen LogP contribution < -0.4 is 5.32 Å². The van der Waals surface area contributed by atoms with Gasteiger partial charge in [-0.25, -0.2) is 0 Å². The number of benzene rings is 1. The summed E-state index contributed by atoms with van der Waals surface area (Å²) in [7, 11) is 1.62. The van der Waals surface area contributed by atoms with Gasteiger partial charge >= 0.3 is 0 Å². The van der Waals surface area contributed by atoms with Gasteiger partial charge in [-0.3, -0.25) is 4.79 Å². The minimum atomic E-state index is -0.0762. The summed E-state index contributed by atoms with van der Waals surface area (Å²) in [6, 6.07) is 10.4. The Kier molecular flexibility index (Phi) is 5.71. The summed E-state index contributed by atoms with van der Waals surface area (Å²) in [6.07, 6.45) is 9.25. The van der Waals surface area contributed by atoms with E-state index < -0.39 is 0 Å². The Morgan fingerprint density at radius 1 is 1.25 bits per heavy atom. The van der Waals surface area contributed by atoms with E-state index in [0.717, 1.165) is 12.8 Å². The second-order valence-electron chi connectivity index (χ2n) is 3.43. The van der Waals surface area contributed by atoms with Crippen LogP contribution in [0.3, 0.4) is 0 Å². The highest BCUT2D eigenvalue weighted by atomic mass is 16.1. The Balaban J connectivity index is 2.23. The van der Waals surface area contributed by atoms with E-state index in [1.54, 1.807) is 13.1 Å². The third-order valence-corrected chi connectivity index (χ3v) is 2.18. The van der Waals surface area contributed by atoms with Gasteiger partial charge in [0, 0.05) is 13.1 Å². The van der Waals surface area contributed by atoms with E-state index in [1.165, 1.54) is 11.6 Å². The molecule has 0 heterocycles. The van der Waals surface area contributed by atoms with Crippen molar-refractivity contribution in [3.05, 3.63) is 60.2 Å². The molecule has 2 heteroatoms. The molecule has 0 unspecified atom stereocenters. The quantitative estimate of drug-likeness (QED) is 0.593. The number of likely N-dealkylation sites (N-methyl/N-ethyl adjacent to an activating group) is 1. The van der Waals surface area contributed by atoms with Crippen molar-refractivity contribution in [2.24, 2.45) is 0 Å². The molecule has 0 spiro atoms. The molecule has 1 aromatic carbocycles. The summed E-state index contributed by atoms with van der Waals surface area (Å²) in [5, 5.41) is 2.52. The van der Waals surface area contributed by atoms with Crippen LogP contribution in [0.4, 0.5) is 0 Å². The zero-order valence-electron chi connectivity index (χ0n) is 9.52. The van der Waals surface area contributed by atoms with E-state index in [9.17, 15) is 4.79 Å². The molecule has 0 aliphatic rings. The minimum absolute atomic E-state index is 0.0762. The number of rotatable bonds is 5. The van der Waals surface area contributed by atoms with Gasteiger partial charge in [-0.05, 0) is 18.4 Å². The Morgan fingerprint density at radius 3 is 2.69 bits per heavy atom. The highest BCUT2D eigenvalue weighted by molar-refractivity contribution is 5.87. The fraction of sp³-hybridized carbons (Fsp3) is 0.214. The summed E-state index contributed by atoms with van der Waals surface area (Å²) in [4.78, 5) is 10.8. The van der Waals surface area contributed by atoms with Crippen molar-refractivity contribution in [2.75, 3.05) is 7.05 Å². The molecule has 16 heavy (non-hydrogen) atoms. The van der Waals surface area contributed by atoms with Gasteiger partial charge in [-0.1, -0.05) is 48.6 Å². The Labute approximate surface area is 96.7 Å². The summed E-state index contributed by atoms with van der Waals surface area (Å²) >= 11 is 0. The van der Waals surface area contributed by atoms with Crippen molar-refractivity contribution in [2.45, 2.75) is 12.8 Å². The van der Waals surface area contributed by atoms with Crippen LogP contribution in [-0.4, -0.2) is 13.0 Å². The lowest BCUT2D eigenvalue weighted by Gasteiger charge is -1.95. The van der Waals surface area contributed by atoms with Crippen molar-refractivity contribution in [1.82, 2.24) is 5.32 Å². The third kappa shape index (κ3) is 5.15. The summed E-state index contributed by atoms with van der Waals surface area (Å²) in [5.41, 5.74) is 1.34. The number of hydrogen-bond acceptors (Lipinski definition) is 1. The summed E-state index contributed by atoms with van der Waals surface area (Å²) in [5.74, 6) is -0.0762. The number of amides is 1. The Hall–Kier alpha value is -1.83. The lowest BCUT2D eigenvalue weighted by atomic mass is 10.1. The van der Waals surface area contributed by atoms with Crippen molar-refractivity contribution >= 4 is 5.91 Å². The molecule has 0 fully saturated rings. The van der Waals surface area contributed by atoms with Gasteiger partial charge in [0.05, 0.1) is 0 Å². The first kappa shape index (κ1) is 12.2. The van der Waals surface area contributed by atoms with E-state index in [4.69, 9.17) is 0 Å². The first-order chi connectivity index (χ1) is 7.83. The molecule has 1 aromatic rings. The average Bonchev–Trinajstić information content (AvgIpc) is 2.34. The number of hydrogen-bond donors (Lipinski definition) is 1. The number of allylic oxidation sites excluding steroid dienone is 3. The first-order valence-corrected chi connectivity index (χ1v) is 5.42. The van der Waals surface area contributed by atoms with Crippen molar-refractivity contribution < 1.29 is 4.79 Å². The van der Waals surface area contributed by atoms with Gasteiger partial charge in [-0.15, -0.1) is 0 Å². The highest BCUT2D eigenvalue weighted by Gasteiger charge is 1.87. The topological polar surface area (TPSA) is 29.1 Å². The van der Waals surface area contributed by atoms with Gasteiger partial charge < -0.3 is 5.32 Å². The van der Waals surface area contributed by atoms with E-state index >= 15 is 0 Å². The van der Waals surface area contributed by atoms with Crippen LogP contribution in [0.1, 0.15) is 12.0 Å². The number of aryl methyl sites for hydroxylation is 1. The van der Waals surface area contributed by atoms with Gasteiger partial charge in [-0.2, -0.15) is 0 Å². The van der Waals surface area contributed by atoms with Crippen molar-refractivity contribution in [1.29, 1.82) is 0 Å². The van der Waals surface area contributed by atoms with E-state index in [-0.39, 0.29) is 5.91 Å². The molecular weight excluding hydrogens is 198 g/mol. The molecule has 0 saturated carbocycles. The largest absolute Gasteiger partial charge is 0.356 e. The average molecular weight is 215 g/mol. The van der Waals surface area contributed by atoms with Crippen LogP contribution in [0.2, 0.25) is 0 Å². The molecule has 1 N–H and O–H groups in total. The van der Waals surface area contributed by atoms with Gasteiger partial charge in [0.25, 0.3) is 0 Å². The number of carbonyl (C=O) groups is 1. The molecule has 0 bridgehead atoms. The second-order valence-corrected chi connectivity index (χ2v) is 3.43. The summed E-state index contributed by atoms with van der Waals surface area (Å²) < 4.78 is 0. The highest BCUT2D eigenvalue weighted by Crippen LogP contribution is 2.02. The normalized spacial score (nSPS) is 11.1. The third-order valence-electron chi connectivity index (χ3n) is 2.18. The van der Waals surface area contributed by atoms with Gasteiger partial charge in [0.15, 0.2) is 0 Å². The van der Waals surface area contributed by atoms with E-state index in [1.807, 2.05) is 24.3 Å². The first-order valence-electron chi connectivity index (χ1n) is 5.42. The lowest BCUT2D eigenvalue weighted by molar-refractivity contribution is -0.116. The standard InChI is InChI=1S/C14H17NO/c1-15-14(16)12-8-3-2-5-9-13-10-6-4-7-11-13/h2-4,6-8,10-12H,5,9H2,1H3,(H,15,16)/b3-2+,12-8+. The lowest BCUT2D eigenvalue weighted by Crippen LogP contribution is -2.13. The van der Waals surface area contributed by atoms with Crippen LogP contribution >= 0.6 is 0 Å². The van der Waals surface area contributed by atoms with Crippen LogP contribution in [0, 0.1) is 0 Å². The molecule has 0 radical (unpaired) electrons. The summed E-state index contributed by atoms with van der Waals surface area (Å²) in [6.45, 7) is 0. The molecule has 0 aromatic heterocycles. The number of carbonyl (C=O) groups excluding carboxylic acids is 1. The molecular formula is C14H17NO. The molecule has 0 aliphatic carbocycles. The van der Waals surface area contributed by atoms with Crippen LogP contribution in [0.25, 0.3) is 0 Å². The van der Waals surface area contributed by atoms with Crippen LogP contribution in [0.15, 0.2) is 54.6 Å². The molecule has 0 aliphatic heterocycles. The SMILES string of the molecule is CNC(=O)/C=C/C=C/CCc1ccccc1. The molecule has 2 nitrogen and oxygen atoms in total. The maximum Gasteiger partial charge on any atom is 0.243 e. The predicted octanol–water partition coefficient (Wildman–Crippen LogP) is 2.48. The molecule has 0 atom stereocenters. The van der Waals surface area contributed by atoms with Gasteiger partial charge in [0.2, 0.25) is 5.91 Å². The second kappa shape index (κ2) is 7.46. The van der Waals surface area contributed by atoms with E-state index in [0.29, 0.717) is 0 Å². The molecule has 84 valence electrons. The fourth-order valence-electron chi connectivity index (χ4n) is 1.30. The smallest absolute Gasteiger partial charge is 0.243 e. The molecule has 0 saturated heterocycles. The monoisotopic (exact) mass is 215 g/mol. The van der Waals surface area contributed by atoms with E-state index in [2.05, 4.69) is 23.5 Å². The maximum atomic E-state index is 10.8. The predicted molar refractivity (Wildman–Crippen MR) is 67.1 cm³/mol. The van der Waals surface area contributed by atoms with Crippen LogP contribution in [0.5, 0.6) is 0 Å². The number of nitrogens with one attached hydrogen (secondary N) is 1. The maximum absolute atomic E-state index is 10.8. The van der Waals surface area contributed by atoms with Crippen molar-refractivity contribution in [3.8, 4) is 0 Å². The molecule has 1 rings (SSSR count). The Morgan fingerprint density at radius 2 is 2.00 bits per heavy atom. The Bertz CT molecular complexity index is 366. The van der Waals surface area contributed by atoms with Gasteiger partial charge in [0.1, 0.15) is 0 Å². The molecule has 1 amide bonds. The van der Waals surface area contributed by atoms with Crippen molar-refractivity contribution in [3.63, 3.8) is 0 Å². The van der Waals surface area contributed by atoms with Crippen LogP contribution in [-0.2, 0) is 11.2 Å². The zero-order valence-corrected chi connectivity index (χ0v) is 9.52. The fourth-order valence-corrected chi connectivity index (χ4v) is 1.30.